The zero-order valence-corrected chi connectivity index (χ0v) is 30.1. The highest BCUT2D eigenvalue weighted by molar-refractivity contribution is 5.41. The maximum atomic E-state index is 9.00. The smallest absolute Gasteiger partial charge is 0.465 e. The van der Waals surface area contributed by atoms with Crippen molar-refractivity contribution in [3.05, 3.63) is 60.5 Å². The van der Waals surface area contributed by atoms with Crippen molar-refractivity contribution in [1.29, 1.82) is 0 Å². The van der Waals surface area contributed by atoms with Crippen LogP contribution in [0.25, 0.3) is 12.2 Å². The lowest BCUT2D eigenvalue weighted by molar-refractivity contribution is -0.381. The number of allylic oxidation sites excluding steroid dienone is 2. The fourth-order valence-corrected chi connectivity index (χ4v) is 3.94. The first kappa shape index (κ1) is 45.8. The number of aliphatic hydroxyl groups excluding tert-OH is 2. The fraction of sp³-hybridized carbons (Fsp3) is 0.667. The van der Waals surface area contributed by atoms with Gasteiger partial charge in [0.1, 0.15) is 11.5 Å². The summed E-state index contributed by atoms with van der Waals surface area (Å²) in [6, 6.07) is 7.57. The SMILES string of the molecule is C/C=C/c1ccco1.C/C=C/c1ccco1.CCC(O)CC(O)CC.CCC1CC(CC)OC(CC[NH3+])O1.COC(CC[NH3+])OC.[H+]. The van der Waals surface area contributed by atoms with E-state index in [0.29, 0.717) is 18.6 Å². The molecule has 10 nitrogen and oxygen atoms in total. The molecular weight excluding hydrogens is 588 g/mol. The van der Waals surface area contributed by atoms with Gasteiger partial charge < -0.3 is 49.5 Å². The summed E-state index contributed by atoms with van der Waals surface area (Å²) in [7, 11) is 3.26. The molecule has 1 aliphatic rings. The molecule has 1 saturated heterocycles. The fourth-order valence-electron chi connectivity index (χ4n) is 3.94. The minimum Gasteiger partial charge on any atom is -0.465 e. The average molecular weight is 658 g/mol. The Labute approximate surface area is 280 Å². The van der Waals surface area contributed by atoms with Crippen LogP contribution in [-0.2, 0) is 18.9 Å². The predicted octanol–water partition coefficient (Wildman–Crippen LogP) is 5.83. The minimum absolute atomic E-state index is 0. The van der Waals surface area contributed by atoms with E-state index in [-0.39, 0.29) is 26.2 Å². The lowest BCUT2D eigenvalue weighted by atomic mass is 10.1. The van der Waals surface area contributed by atoms with E-state index < -0.39 is 0 Å². The van der Waals surface area contributed by atoms with Crippen LogP contribution in [0, 0.1) is 0 Å². The first-order chi connectivity index (χ1) is 22.2. The van der Waals surface area contributed by atoms with Gasteiger partial charge in [0.05, 0.1) is 50.0 Å². The zero-order valence-electron chi connectivity index (χ0n) is 31.1. The molecule has 0 radical (unpaired) electrons. The number of aliphatic hydroxyl groups is 2. The quantitative estimate of drug-likeness (QED) is 0.185. The summed E-state index contributed by atoms with van der Waals surface area (Å²) in [5.41, 5.74) is 7.48. The lowest BCUT2D eigenvalue weighted by Crippen LogP contribution is -2.52. The lowest BCUT2D eigenvalue weighted by Gasteiger charge is -2.34. The Morgan fingerprint density at radius 1 is 0.826 bits per heavy atom. The van der Waals surface area contributed by atoms with Crippen molar-refractivity contribution in [2.45, 2.75) is 130 Å². The molecule has 0 aromatic carbocycles. The summed E-state index contributed by atoms with van der Waals surface area (Å²) < 4.78 is 31.2. The van der Waals surface area contributed by atoms with Crippen LogP contribution in [0.2, 0.25) is 0 Å². The number of rotatable bonds is 14. The summed E-state index contributed by atoms with van der Waals surface area (Å²) in [5.74, 6) is 1.82. The number of quaternary nitrogens is 2. The normalized spacial score (nSPS) is 18.8. The molecule has 3 rings (SSSR count). The van der Waals surface area contributed by atoms with Gasteiger partial charge in [-0.25, -0.2) is 0 Å². The average Bonchev–Trinajstić information content (AvgIpc) is 3.80. The molecule has 0 spiro atoms. The second-order valence-electron chi connectivity index (χ2n) is 10.6. The van der Waals surface area contributed by atoms with Crippen molar-refractivity contribution in [2.75, 3.05) is 27.3 Å². The van der Waals surface area contributed by atoms with Crippen molar-refractivity contribution < 1.29 is 50.9 Å². The highest BCUT2D eigenvalue weighted by Crippen LogP contribution is 2.23. The second kappa shape index (κ2) is 32.7. The van der Waals surface area contributed by atoms with Gasteiger partial charge in [-0.2, -0.15) is 0 Å². The first-order valence-corrected chi connectivity index (χ1v) is 16.8. The minimum atomic E-state index is -0.319. The van der Waals surface area contributed by atoms with Gasteiger partial charge in [-0.1, -0.05) is 39.8 Å². The van der Waals surface area contributed by atoms with E-state index in [1.165, 1.54) is 0 Å². The highest BCUT2D eigenvalue weighted by atomic mass is 16.7. The Bertz CT molecular complexity index is 846. The van der Waals surface area contributed by atoms with Crippen LogP contribution in [0.1, 0.15) is 106 Å². The van der Waals surface area contributed by atoms with Crippen LogP contribution >= 0.6 is 0 Å². The molecule has 4 unspecified atom stereocenters. The van der Waals surface area contributed by atoms with Crippen molar-refractivity contribution in [1.82, 2.24) is 0 Å². The van der Waals surface area contributed by atoms with Crippen molar-refractivity contribution in [2.24, 2.45) is 0 Å². The van der Waals surface area contributed by atoms with Gasteiger partial charge in [0.2, 0.25) is 0 Å². The molecule has 268 valence electrons. The van der Waals surface area contributed by atoms with Gasteiger partial charge in [-0.05, 0) is 88.8 Å². The molecular formula is C36H69N2O8+3. The third-order valence-corrected chi connectivity index (χ3v) is 6.77. The third-order valence-electron chi connectivity index (χ3n) is 6.77. The summed E-state index contributed by atoms with van der Waals surface area (Å²) in [4.78, 5) is 0. The molecule has 46 heavy (non-hydrogen) atoms. The van der Waals surface area contributed by atoms with Crippen LogP contribution in [0.15, 0.2) is 57.8 Å². The Morgan fingerprint density at radius 2 is 1.28 bits per heavy atom. The van der Waals surface area contributed by atoms with Gasteiger partial charge in [0, 0.05) is 27.1 Å². The van der Waals surface area contributed by atoms with Crippen molar-refractivity contribution >= 4 is 12.2 Å². The zero-order chi connectivity index (χ0) is 35.0. The van der Waals surface area contributed by atoms with Crippen LogP contribution < -0.4 is 11.5 Å². The van der Waals surface area contributed by atoms with E-state index in [1.807, 2.05) is 76.3 Å². The Hall–Kier alpha value is -2.28. The monoisotopic (exact) mass is 658 g/mol. The molecule has 0 saturated carbocycles. The molecule has 1 fully saturated rings. The van der Waals surface area contributed by atoms with E-state index in [1.54, 1.807) is 26.7 Å². The van der Waals surface area contributed by atoms with E-state index in [2.05, 4.69) is 25.3 Å². The number of hydrogen-bond donors (Lipinski definition) is 4. The standard InChI is InChI=1S/C10H21NO2.C7H16O2.2C7H8O.C5H13NO2/c1-3-8-7-9(4-2)13-10(12-8)5-6-11;1-3-6(8)5-7(9)4-2;2*1-2-4-7-5-3-6-8-7;1-7-5(8-2)3-4-6/h8-10H,3-7,11H2,1-2H3;6-9H,3-5H2,1-2H3;2*2-6H,1H3;5H,3-4,6H2,1-2H3/p+3/b;;2*4-2+;. The second-order valence-corrected chi connectivity index (χ2v) is 10.6. The summed E-state index contributed by atoms with van der Waals surface area (Å²) in [6.45, 7) is 13.8. The highest BCUT2D eigenvalue weighted by Gasteiger charge is 2.27. The van der Waals surface area contributed by atoms with Crippen molar-refractivity contribution in [3.63, 3.8) is 0 Å². The number of furan rings is 2. The van der Waals surface area contributed by atoms with Gasteiger partial charge in [-0.3, -0.25) is 0 Å². The van der Waals surface area contributed by atoms with Gasteiger partial charge in [0.25, 0.3) is 0 Å². The Morgan fingerprint density at radius 3 is 1.54 bits per heavy atom. The van der Waals surface area contributed by atoms with Gasteiger partial charge in [-0.15, -0.1) is 0 Å². The molecule has 3 heterocycles. The van der Waals surface area contributed by atoms with E-state index in [0.717, 1.165) is 69.6 Å². The van der Waals surface area contributed by atoms with E-state index in [4.69, 9.17) is 38.0 Å². The van der Waals surface area contributed by atoms with Gasteiger partial charge >= 0.3 is 1.43 Å². The molecule has 2 aromatic heterocycles. The number of methoxy groups -OCH3 is 2. The molecule has 1 aliphatic heterocycles. The largest absolute Gasteiger partial charge is 1.00 e. The Balaban J connectivity index is -0.000000520. The van der Waals surface area contributed by atoms with Crippen LogP contribution in [0.4, 0.5) is 0 Å². The summed E-state index contributed by atoms with van der Waals surface area (Å²) in [5, 5.41) is 18.0. The van der Waals surface area contributed by atoms with Crippen LogP contribution in [0.3, 0.4) is 0 Å². The number of ether oxygens (including phenoxy) is 4. The third kappa shape index (κ3) is 25.9. The summed E-state index contributed by atoms with van der Waals surface area (Å²) in [6.07, 6.45) is 18.2. The molecule has 2 aromatic rings. The Kier molecular flexibility index (Phi) is 32.5. The topological polar surface area (TPSA) is 159 Å². The molecule has 0 bridgehead atoms. The maximum absolute atomic E-state index is 9.00. The van der Waals surface area contributed by atoms with Gasteiger partial charge in [0.15, 0.2) is 12.6 Å². The van der Waals surface area contributed by atoms with Crippen LogP contribution in [0.5, 0.6) is 0 Å². The molecule has 8 N–H and O–H groups in total. The van der Waals surface area contributed by atoms with E-state index >= 15 is 0 Å². The molecule has 4 atom stereocenters. The van der Waals surface area contributed by atoms with Crippen LogP contribution in [-0.4, -0.2) is 74.5 Å². The van der Waals surface area contributed by atoms with Crippen molar-refractivity contribution in [3.8, 4) is 0 Å². The molecule has 0 amide bonds. The number of hydrogen-bond acceptors (Lipinski definition) is 8. The maximum Gasteiger partial charge on any atom is 1.00 e. The summed E-state index contributed by atoms with van der Waals surface area (Å²) >= 11 is 0. The van der Waals surface area contributed by atoms with E-state index in [9.17, 15) is 0 Å². The molecule has 0 aliphatic carbocycles. The predicted molar refractivity (Wildman–Crippen MR) is 186 cm³/mol. The molecule has 10 heteroatoms. The first-order valence-electron chi connectivity index (χ1n) is 16.8.